The maximum Gasteiger partial charge on any atom is 0.339 e. The van der Waals surface area contributed by atoms with Gasteiger partial charge in [0.05, 0.1) is 18.8 Å². The number of hydrogen-bond acceptors (Lipinski definition) is 4. The van der Waals surface area contributed by atoms with Crippen LogP contribution in [0.1, 0.15) is 46.7 Å². The number of aliphatic carboxylic acids is 1. The number of carboxylic acid groups (broad SMARTS) is 1. The Kier molecular flexibility index (Phi) is 12.0. The van der Waals surface area contributed by atoms with E-state index in [-0.39, 0.29) is 27.6 Å². The quantitative estimate of drug-likeness (QED) is 0.0380. The second-order valence-electron chi connectivity index (χ2n) is 11.4. The van der Waals surface area contributed by atoms with E-state index in [2.05, 4.69) is 78.1 Å². The Labute approximate surface area is 291 Å². The van der Waals surface area contributed by atoms with Crippen molar-refractivity contribution in [1.82, 2.24) is 5.32 Å². The van der Waals surface area contributed by atoms with Crippen LogP contribution in [0.5, 0.6) is 0 Å². The lowest BCUT2D eigenvalue weighted by Crippen LogP contribution is -2.46. The Morgan fingerprint density at radius 1 is 0.688 bits per heavy atom. The van der Waals surface area contributed by atoms with Crippen molar-refractivity contribution in [3.8, 4) is 0 Å². The van der Waals surface area contributed by atoms with E-state index in [4.69, 9.17) is 27.9 Å². The molecule has 5 aromatic rings. The summed E-state index contributed by atoms with van der Waals surface area (Å²) in [5.41, 5.74) is 4.92. The Balaban J connectivity index is 1.28. The molecule has 0 aliphatic rings. The predicted octanol–water partition coefficient (Wildman–Crippen LogP) is 9.15. The molecule has 0 heterocycles. The van der Waals surface area contributed by atoms with E-state index in [1.54, 1.807) is 25.1 Å². The first kappa shape index (κ1) is 34.8. The number of aryl methyl sites for hydroxylation is 1. The molecule has 244 valence electrons. The van der Waals surface area contributed by atoms with E-state index in [9.17, 15) is 14.7 Å². The summed E-state index contributed by atoms with van der Waals surface area (Å²) in [6, 6.07) is 43.9. The monoisotopic (exact) mass is 677 g/mol. The molecule has 0 radical (unpaired) electrons. The Hall–Kier alpha value is -4.52. The summed E-state index contributed by atoms with van der Waals surface area (Å²) in [7, 11) is 0. The molecule has 2 N–H and O–H groups in total. The number of allylic oxidation sites excluding steroid dienone is 1. The van der Waals surface area contributed by atoms with Gasteiger partial charge in [0.15, 0.2) is 5.78 Å². The maximum atomic E-state index is 13.3. The van der Waals surface area contributed by atoms with Crippen molar-refractivity contribution < 1.29 is 19.4 Å². The molecule has 0 unspecified atom stereocenters. The molecule has 5 nitrogen and oxygen atoms in total. The van der Waals surface area contributed by atoms with Crippen molar-refractivity contribution >= 4 is 40.5 Å². The fourth-order valence-electron chi connectivity index (χ4n) is 6.15. The van der Waals surface area contributed by atoms with Crippen molar-refractivity contribution in [2.24, 2.45) is 0 Å². The van der Waals surface area contributed by atoms with Gasteiger partial charge in [-0.1, -0.05) is 145 Å². The van der Waals surface area contributed by atoms with Gasteiger partial charge >= 0.3 is 5.97 Å². The molecule has 0 bridgehead atoms. The van der Waals surface area contributed by atoms with Crippen molar-refractivity contribution in [2.45, 2.75) is 31.9 Å². The molecule has 0 saturated heterocycles. The van der Waals surface area contributed by atoms with Crippen LogP contribution in [0.25, 0.3) is 5.57 Å². The molecule has 5 rings (SSSR count). The molecule has 0 fully saturated rings. The van der Waals surface area contributed by atoms with Gasteiger partial charge in [-0.3, -0.25) is 10.1 Å². The largest absolute Gasteiger partial charge is 0.478 e. The lowest BCUT2D eigenvalue weighted by Gasteiger charge is -2.37. The van der Waals surface area contributed by atoms with Crippen LogP contribution < -0.4 is 5.32 Å². The number of ether oxygens (including phenoxy) is 1. The van der Waals surface area contributed by atoms with Crippen LogP contribution in [0.3, 0.4) is 0 Å². The number of nitrogens with one attached hydrogen (secondary N) is 1. The number of carbonyl (C=O) groups excluding carboxylic acids is 1. The third-order valence-corrected chi connectivity index (χ3v) is 9.09. The Morgan fingerprint density at radius 2 is 1.17 bits per heavy atom. The molecular formula is C41H37Cl2NO4. The van der Waals surface area contributed by atoms with Gasteiger partial charge in [-0.2, -0.15) is 0 Å². The van der Waals surface area contributed by atoms with Crippen molar-refractivity contribution in [3.05, 3.63) is 182 Å². The molecule has 48 heavy (non-hydrogen) atoms. The summed E-state index contributed by atoms with van der Waals surface area (Å²) < 4.78 is 6.20. The van der Waals surface area contributed by atoms with Gasteiger partial charge in [-0.25, -0.2) is 4.79 Å². The van der Waals surface area contributed by atoms with Gasteiger partial charge in [0, 0.05) is 28.6 Å². The molecule has 5 aromatic carbocycles. The zero-order valence-electron chi connectivity index (χ0n) is 26.7. The zero-order valence-corrected chi connectivity index (χ0v) is 28.2. The molecule has 0 aliphatic heterocycles. The topological polar surface area (TPSA) is 75.6 Å². The van der Waals surface area contributed by atoms with Crippen molar-refractivity contribution in [2.75, 3.05) is 13.2 Å². The molecule has 0 amide bonds. The fourth-order valence-corrected chi connectivity index (χ4v) is 6.83. The van der Waals surface area contributed by atoms with Gasteiger partial charge in [0.2, 0.25) is 0 Å². The lowest BCUT2D eigenvalue weighted by molar-refractivity contribution is -0.134. The number of carboxylic acids is 1. The van der Waals surface area contributed by atoms with Gasteiger partial charge in [-0.05, 0) is 58.9 Å². The summed E-state index contributed by atoms with van der Waals surface area (Å²) >= 11 is 12.6. The van der Waals surface area contributed by atoms with Crippen molar-refractivity contribution in [1.29, 1.82) is 0 Å². The third-order valence-electron chi connectivity index (χ3n) is 8.46. The molecule has 0 aromatic heterocycles. The van der Waals surface area contributed by atoms with Gasteiger partial charge in [-0.15, -0.1) is 0 Å². The zero-order chi connectivity index (χ0) is 33.9. The number of benzene rings is 5. The molecule has 7 heteroatoms. The van der Waals surface area contributed by atoms with Crippen LogP contribution in [0.15, 0.2) is 139 Å². The standard InChI is InChI=1S/C41H37Cl2NO4/c1-29(38-35(42)22-13-23-36(38)43)39(40(46)47)37(45)25-24-30-14-11-12-15-31(30)28-48-27-26-44-41(32-16-5-2-6-17-32,33-18-7-3-8-19-33)34-20-9-4-10-21-34/h2-23,44H,24-28H2,1H3,(H,46,47). The first-order valence-corrected chi connectivity index (χ1v) is 16.6. The second-order valence-corrected chi connectivity index (χ2v) is 12.2. The van der Waals surface area contributed by atoms with Gasteiger partial charge in [0.1, 0.15) is 5.57 Å². The van der Waals surface area contributed by atoms with E-state index in [1.807, 2.05) is 42.5 Å². The van der Waals surface area contributed by atoms with Crippen LogP contribution in [-0.4, -0.2) is 30.0 Å². The second kappa shape index (κ2) is 16.5. The average molecular weight is 679 g/mol. The molecule has 0 atom stereocenters. The van der Waals surface area contributed by atoms with Crippen LogP contribution in [0.4, 0.5) is 0 Å². The number of Topliss-reactive ketones (excluding diaryl/α,β-unsaturated/α-hetero) is 1. The minimum absolute atomic E-state index is 0.00730. The SMILES string of the molecule is CC(=C(C(=O)O)C(=O)CCc1ccccc1COCCNC(c1ccccc1)(c1ccccc1)c1ccccc1)c1c(Cl)cccc1Cl. The number of halogens is 2. The number of ketones is 1. The molecular weight excluding hydrogens is 641 g/mol. The van der Waals surface area contributed by atoms with Gasteiger partial charge in [0.25, 0.3) is 0 Å². The Bertz CT molecular complexity index is 1760. The lowest BCUT2D eigenvalue weighted by atomic mass is 9.77. The van der Waals surface area contributed by atoms with Gasteiger partial charge < -0.3 is 9.84 Å². The average Bonchev–Trinajstić information content (AvgIpc) is 3.10. The van der Waals surface area contributed by atoms with Crippen LogP contribution >= 0.6 is 23.2 Å². The summed E-state index contributed by atoms with van der Waals surface area (Å²) in [6.07, 6.45) is 0.365. The maximum absolute atomic E-state index is 13.3. The fraction of sp³-hybridized carbons (Fsp3) is 0.171. The smallest absolute Gasteiger partial charge is 0.339 e. The minimum Gasteiger partial charge on any atom is -0.478 e. The minimum atomic E-state index is -1.31. The summed E-state index contributed by atoms with van der Waals surface area (Å²) in [5.74, 6) is -1.80. The van der Waals surface area contributed by atoms with Crippen LogP contribution in [0, 0.1) is 0 Å². The normalized spacial score (nSPS) is 12.0. The first-order valence-electron chi connectivity index (χ1n) is 15.8. The van der Waals surface area contributed by atoms with E-state index in [0.29, 0.717) is 31.7 Å². The summed E-state index contributed by atoms with van der Waals surface area (Å²) in [5, 5.41) is 14.4. The highest BCUT2D eigenvalue weighted by Crippen LogP contribution is 2.37. The predicted molar refractivity (Wildman–Crippen MR) is 193 cm³/mol. The van der Waals surface area contributed by atoms with E-state index < -0.39 is 17.3 Å². The summed E-state index contributed by atoms with van der Waals surface area (Å²) in [4.78, 5) is 25.5. The van der Waals surface area contributed by atoms with Crippen LogP contribution in [0.2, 0.25) is 10.0 Å². The highest BCUT2D eigenvalue weighted by Gasteiger charge is 2.35. The number of hydrogen-bond donors (Lipinski definition) is 2. The highest BCUT2D eigenvalue weighted by atomic mass is 35.5. The molecule has 0 spiro atoms. The van der Waals surface area contributed by atoms with Crippen molar-refractivity contribution in [3.63, 3.8) is 0 Å². The molecule has 0 aliphatic carbocycles. The highest BCUT2D eigenvalue weighted by molar-refractivity contribution is 6.38. The summed E-state index contributed by atoms with van der Waals surface area (Å²) in [6.45, 7) is 2.91. The number of carbonyl (C=O) groups is 2. The van der Waals surface area contributed by atoms with Crippen LogP contribution in [-0.2, 0) is 32.9 Å². The Morgan fingerprint density at radius 3 is 1.67 bits per heavy atom. The van der Waals surface area contributed by atoms with E-state index in [0.717, 1.165) is 27.8 Å². The third kappa shape index (κ3) is 7.95. The van der Waals surface area contributed by atoms with E-state index >= 15 is 0 Å². The first-order chi connectivity index (χ1) is 23.3. The number of rotatable bonds is 15. The van der Waals surface area contributed by atoms with E-state index in [1.165, 1.54) is 0 Å². The molecule has 0 saturated carbocycles.